The van der Waals surface area contributed by atoms with Gasteiger partial charge in [0.2, 0.25) is 4.73 Å². The van der Waals surface area contributed by atoms with Crippen LogP contribution in [-0.4, -0.2) is 14.8 Å². The van der Waals surface area contributed by atoms with Crippen LogP contribution in [0.2, 0.25) is 0 Å². The fourth-order valence-electron chi connectivity index (χ4n) is 2.88. The molecule has 4 heteroatoms. The molecule has 4 aromatic rings. The maximum Gasteiger partial charge on any atom is 0.204 e. The van der Waals surface area contributed by atoms with Gasteiger partial charge in [0.15, 0.2) is 0 Å². The minimum Gasteiger partial charge on any atom is -0.275 e. The third-order valence-electron chi connectivity index (χ3n) is 3.95. The molecular formula is C20H14BrN3. The summed E-state index contributed by atoms with van der Waals surface area (Å²) in [6.45, 7) is 0. The van der Waals surface area contributed by atoms with Gasteiger partial charge in [-0.05, 0) is 27.1 Å². The molecule has 0 bridgehead atoms. The molecule has 1 heterocycles. The van der Waals surface area contributed by atoms with Crippen molar-refractivity contribution in [1.82, 2.24) is 14.8 Å². The second-order valence-corrected chi connectivity index (χ2v) is 6.11. The third-order valence-corrected chi connectivity index (χ3v) is 4.49. The zero-order chi connectivity index (χ0) is 16.4. The third kappa shape index (κ3) is 2.65. The average Bonchev–Trinajstić information content (AvgIpc) is 3.08. The van der Waals surface area contributed by atoms with Crippen molar-refractivity contribution >= 4 is 15.9 Å². The highest BCUT2D eigenvalue weighted by atomic mass is 79.9. The summed E-state index contributed by atoms with van der Waals surface area (Å²) in [6.07, 6.45) is 1.73. The van der Waals surface area contributed by atoms with Gasteiger partial charge >= 0.3 is 0 Å². The average molecular weight is 376 g/mol. The standard InChI is InChI=1S/C20H14BrN3/c21-20-23-22-14-24(20)19-17(15-8-3-1-4-9-15)12-7-13-18(19)16-10-5-2-6-11-16/h1-14H. The maximum absolute atomic E-state index is 4.09. The molecule has 3 nitrogen and oxygen atoms in total. The first-order chi connectivity index (χ1) is 11.8. The maximum atomic E-state index is 4.09. The second-order valence-electron chi connectivity index (χ2n) is 5.40. The van der Waals surface area contributed by atoms with E-state index in [9.17, 15) is 0 Å². The highest BCUT2D eigenvalue weighted by molar-refractivity contribution is 9.10. The molecule has 0 aliphatic rings. The van der Waals surface area contributed by atoms with Crippen LogP contribution in [0.15, 0.2) is 89.9 Å². The normalized spacial score (nSPS) is 10.7. The Morgan fingerprint density at radius 2 is 1.21 bits per heavy atom. The Labute approximate surface area is 148 Å². The molecule has 1 aromatic heterocycles. The van der Waals surface area contributed by atoms with E-state index >= 15 is 0 Å². The number of hydrogen-bond donors (Lipinski definition) is 0. The highest BCUT2D eigenvalue weighted by Gasteiger charge is 2.15. The molecule has 116 valence electrons. The molecule has 24 heavy (non-hydrogen) atoms. The number of rotatable bonds is 3. The van der Waals surface area contributed by atoms with Gasteiger partial charge < -0.3 is 0 Å². The summed E-state index contributed by atoms with van der Waals surface area (Å²) in [6, 6.07) is 27.1. The summed E-state index contributed by atoms with van der Waals surface area (Å²) < 4.78 is 2.66. The molecule has 0 aliphatic carbocycles. The van der Waals surface area contributed by atoms with Gasteiger partial charge in [-0.2, -0.15) is 0 Å². The summed E-state index contributed by atoms with van der Waals surface area (Å²) in [7, 11) is 0. The minimum atomic E-state index is 0.683. The lowest BCUT2D eigenvalue weighted by Crippen LogP contribution is -1.99. The van der Waals surface area contributed by atoms with Gasteiger partial charge in [0.25, 0.3) is 0 Å². The SMILES string of the molecule is Brc1nncn1-c1c(-c2ccccc2)cccc1-c1ccccc1. The van der Waals surface area contributed by atoms with E-state index in [1.54, 1.807) is 6.33 Å². The van der Waals surface area contributed by atoms with Crippen molar-refractivity contribution in [1.29, 1.82) is 0 Å². The smallest absolute Gasteiger partial charge is 0.204 e. The fourth-order valence-corrected chi connectivity index (χ4v) is 3.24. The van der Waals surface area contributed by atoms with Crippen LogP contribution in [0.3, 0.4) is 0 Å². The first kappa shape index (κ1) is 14.8. The number of aromatic nitrogens is 3. The molecule has 4 rings (SSSR count). The highest BCUT2D eigenvalue weighted by Crippen LogP contribution is 2.36. The van der Waals surface area contributed by atoms with Crippen LogP contribution < -0.4 is 0 Å². The van der Waals surface area contributed by atoms with Gasteiger partial charge in [-0.3, -0.25) is 4.57 Å². The lowest BCUT2D eigenvalue weighted by atomic mass is 9.96. The van der Waals surface area contributed by atoms with E-state index in [0.717, 1.165) is 27.9 Å². The predicted octanol–water partition coefficient (Wildman–Crippen LogP) is 5.36. The van der Waals surface area contributed by atoms with E-state index in [4.69, 9.17) is 0 Å². The Hall–Kier alpha value is -2.72. The molecule has 0 aliphatic heterocycles. The number of hydrogen-bond acceptors (Lipinski definition) is 2. The van der Waals surface area contributed by atoms with E-state index in [-0.39, 0.29) is 0 Å². The van der Waals surface area contributed by atoms with Crippen molar-refractivity contribution in [2.24, 2.45) is 0 Å². The van der Waals surface area contributed by atoms with Crippen LogP contribution in [0.1, 0.15) is 0 Å². The summed E-state index contributed by atoms with van der Waals surface area (Å²) >= 11 is 3.51. The Morgan fingerprint density at radius 1 is 0.667 bits per heavy atom. The van der Waals surface area contributed by atoms with Crippen molar-refractivity contribution < 1.29 is 0 Å². The fraction of sp³-hybridized carbons (Fsp3) is 0. The Morgan fingerprint density at radius 3 is 1.67 bits per heavy atom. The summed E-state index contributed by atoms with van der Waals surface area (Å²) in [4.78, 5) is 0. The van der Waals surface area contributed by atoms with E-state index in [1.165, 1.54) is 0 Å². The van der Waals surface area contributed by atoms with Gasteiger partial charge in [-0.25, -0.2) is 0 Å². The summed E-state index contributed by atoms with van der Waals surface area (Å²) in [5, 5.41) is 8.13. The second kappa shape index (κ2) is 6.42. The zero-order valence-electron chi connectivity index (χ0n) is 12.8. The largest absolute Gasteiger partial charge is 0.275 e. The van der Waals surface area contributed by atoms with Crippen molar-refractivity contribution in [3.63, 3.8) is 0 Å². The van der Waals surface area contributed by atoms with E-state index in [0.29, 0.717) is 4.73 Å². The van der Waals surface area contributed by atoms with Gasteiger partial charge in [0.05, 0.1) is 5.69 Å². The van der Waals surface area contributed by atoms with E-state index < -0.39 is 0 Å². The molecule has 0 saturated carbocycles. The lowest BCUT2D eigenvalue weighted by Gasteiger charge is -2.16. The van der Waals surface area contributed by atoms with Gasteiger partial charge in [0, 0.05) is 11.1 Å². The van der Waals surface area contributed by atoms with E-state index in [2.05, 4.69) is 92.9 Å². The topological polar surface area (TPSA) is 30.7 Å². The van der Waals surface area contributed by atoms with Crippen LogP contribution >= 0.6 is 15.9 Å². The summed E-state index contributed by atoms with van der Waals surface area (Å²) in [5.41, 5.74) is 5.65. The molecule has 0 amide bonds. The first-order valence-corrected chi connectivity index (χ1v) is 8.43. The number of benzene rings is 3. The monoisotopic (exact) mass is 375 g/mol. The van der Waals surface area contributed by atoms with Crippen LogP contribution in [0, 0.1) is 0 Å². The van der Waals surface area contributed by atoms with Crippen molar-refractivity contribution in [3.05, 3.63) is 89.9 Å². The molecule has 0 atom stereocenters. The van der Waals surface area contributed by atoms with Gasteiger partial charge in [0.1, 0.15) is 6.33 Å². The van der Waals surface area contributed by atoms with Crippen molar-refractivity contribution in [3.8, 4) is 27.9 Å². The van der Waals surface area contributed by atoms with Crippen LogP contribution in [-0.2, 0) is 0 Å². The predicted molar refractivity (Wildman–Crippen MR) is 99.9 cm³/mol. The number of para-hydroxylation sites is 1. The molecule has 0 N–H and O–H groups in total. The molecule has 0 saturated heterocycles. The Kier molecular flexibility index (Phi) is 3.97. The van der Waals surface area contributed by atoms with Gasteiger partial charge in [-0.15, -0.1) is 10.2 Å². The van der Waals surface area contributed by atoms with Crippen LogP contribution in [0.25, 0.3) is 27.9 Å². The molecule has 0 fully saturated rings. The minimum absolute atomic E-state index is 0.683. The molecule has 0 spiro atoms. The summed E-state index contributed by atoms with van der Waals surface area (Å²) in [5.74, 6) is 0. The number of halogens is 1. The number of nitrogens with zero attached hydrogens (tertiary/aromatic N) is 3. The first-order valence-electron chi connectivity index (χ1n) is 7.64. The lowest BCUT2D eigenvalue weighted by molar-refractivity contribution is 1.02. The van der Waals surface area contributed by atoms with Crippen LogP contribution in [0.5, 0.6) is 0 Å². The molecule has 0 radical (unpaired) electrons. The molecule has 3 aromatic carbocycles. The molecule has 0 unspecified atom stereocenters. The van der Waals surface area contributed by atoms with Crippen LogP contribution in [0.4, 0.5) is 0 Å². The quantitative estimate of drug-likeness (QED) is 0.482. The van der Waals surface area contributed by atoms with E-state index in [1.807, 2.05) is 16.7 Å². The zero-order valence-corrected chi connectivity index (χ0v) is 14.4. The van der Waals surface area contributed by atoms with Gasteiger partial charge in [-0.1, -0.05) is 78.9 Å². The van der Waals surface area contributed by atoms with Crippen molar-refractivity contribution in [2.45, 2.75) is 0 Å². The van der Waals surface area contributed by atoms with Crippen molar-refractivity contribution in [2.75, 3.05) is 0 Å². The molecular weight excluding hydrogens is 362 g/mol. The Balaban J connectivity index is 2.04. The Bertz CT molecular complexity index is 905.